The topological polar surface area (TPSA) is 90.0 Å². The van der Waals surface area contributed by atoms with Gasteiger partial charge in [-0.1, -0.05) is 44.2 Å². The first kappa shape index (κ1) is 27.3. The Morgan fingerprint density at radius 1 is 1.18 bits per heavy atom. The lowest BCUT2D eigenvalue weighted by molar-refractivity contribution is -0.170. The molecule has 1 aromatic carbocycles. The first-order valence-electron chi connectivity index (χ1n) is 11.6. The minimum Gasteiger partial charge on any atom is -0.460 e. The minimum absolute atomic E-state index is 0.0534. The van der Waals surface area contributed by atoms with E-state index >= 15 is 0 Å². The highest BCUT2D eigenvalue weighted by Gasteiger charge is 2.55. The molecular formula is C25H39NO6S. The van der Waals surface area contributed by atoms with Gasteiger partial charge in [-0.2, -0.15) is 8.42 Å². The van der Waals surface area contributed by atoms with E-state index in [2.05, 4.69) is 0 Å². The second-order valence-electron chi connectivity index (χ2n) is 10.4. The van der Waals surface area contributed by atoms with E-state index in [0.717, 1.165) is 18.2 Å². The molecule has 2 atom stereocenters. The Kier molecular flexibility index (Phi) is 9.10. The molecule has 0 N–H and O–H groups in total. The van der Waals surface area contributed by atoms with Gasteiger partial charge in [0.1, 0.15) is 5.60 Å². The lowest BCUT2D eigenvalue weighted by Crippen LogP contribution is -2.46. The second kappa shape index (κ2) is 11.0. The molecule has 186 valence electrons. The van der Waals surface area contributed by atoms with E-state index in [-0.39, 0.29) is 24.9 Å². The molecule has 0 saturated carbocycles. The van der Waals surface area contributed by atoms with Crippen molar-refractivity contribution < 1.29 is 26.9 Å². The van der Waals surface area contributed by atoms with Crippen molar-refractivity contribution in [3.05, 3.63) is 35.9 Å². The number of hydrogen-bond acceptors (Lipinski definition) is 6. The van der Waals surface area contributed by atoms with Gasteiger partial charge in [-0.05, 0) is 57.9 Å². The Morgan fingerprint density at radius 2 is 1.82 bits per heavy atom. The van der Waals surface area contributed by atoms with Crippen LogP contribution in [0.1, 0.15) is 59.4 Å². The van der Waals surface area contributed by atoms with Crippen molar-refractivity contribution in [1.29, 1.82) is 0 Å². The average Bonchev–Trinajstić information content (AvgIpc) is 2.98. The zero-order chi connectivity index (χ0) is 24.9. The van der Waals surface area contributed by atoms with Crippen LogP contribution in [0.3, 0.4) is 0 Å². The van der Waals surface area contributed by atoms with E-state index in [0.29, 0.717) is 25.9 Å². The van der Waals surface area contributed by atoms with Gasteiger partial charge in [-0.3, -0.25) is 13.8 Å². The number of nitrogens with zero attached hydrogens (tertiary/aromatic N) is 1. The van der Waals surface area contributed by atoms with E-state index in [1.54, 1.807) is 20.8 Å². The summed E-state index contributed by atoms with van der Waals surface area (Å²) in [5.41, 5.74) is -0.508. The van der Waals surface area contributed by atoms with Gasteiger partial charge in [0.25, 0.3) is 10.1 Å². The number of carbonyl (C=O) groups excluding carboxylic acids is 2. The fraction of sp³-hybridized carbons (Fsp3) is 0.680. The van der Waals surface area contributed by atoms with Crippen molar-refractivity contribution in [2.75, 3.05) is 26.0 Å². The predicted molar refractivity (Wildman–Crippen MR) is 128 cm³/mol. The van der Waals surface area contributed by atoms with Crippen LogP contribution in [0, 0.1) is 17.3 Å². The summed E-state index contributed by atoms with van der Waals surface area (Å²) in [6, 6.07) is 9.99. The monoisotopic (exact) mass is 481 g/mol. The number of esters is 1. The van der Waals surface area contributed by atoms with Crippen molar-refractivity contribution in [2.24, 2.45) is 17.3 Å². The van der Waals surface area contributed by atoms with Crippen LogP contribution in [0.25, 0.3) is 0 Å². The lowest BCUT2D eigenvalue weighted by Gasteiger charge is -2.37. The maximum atomic E-state index is 13.8. The standard InChI is InChI=1S/C25H39NO6S/c1-19(2)18-25(14-16-26(23(25)28)15-12-20-10-8-7-9-11-20)21(13-17-31-33(6,29)30)22(27)32-24(3,4)5/h7-11,19,21H,12-18H2,1-6H3. The molecule has 33 heavy (non-hydrogen) atoms. The van der Waals surface area contributed by atoms with Crippen LogP contribution in [0.5, 0.6) is 0 Å². The van der Waals surface area contributed by atoms with Crippen LogP contribution in [-0.4, -0.2) is 56.7 Å². The van der Waals surface area contributed by atoms with Gasteiger partial charge in [-0.25, -0.2) is 0 Å². The smallest absolute Gasteiger partial charge is 0.310 e. The van der Waals surface area contributed by atoms with Gasteiger partial charge >= 0.3 is 5.97 Å². The average molecular weight is 482 g/mol. The Morgan fingerprint density at radius 3 is 2.36 bits per heavy atom. The third-order valence-corrected chi connectivity index (χ3v) is 6.48. The van der Waals surface area contributed by atoms with Crippen LogP contribution in [0.15, 0.2) is 30.3 Å². The number of hydrogen-bond donors (Lipinski definition) is 0. The highest BCUT2D eigenvalue weighted by Crippen LogP contribution is 2.47. The van der Waals surface area contributed by atoms with Gasteiger partial charge in [0.2, 0.25) is 5.91 Å². The van der Waals surface area contributed by atoms with E-state index in [1.807, 2.05) is 49.1 Å². The minimum atomic E-state index is -3.66. The Bertz CT molecular complexity index is 907. The number of amides is 1. The quantitative estimate of drug-likeness (QED) is 0.353. The molecule has 0 bridgehead atoms. The van der Waals surface area contributed by atoms with E-state index in [4.69, 9.17) is 8.92 Å². The first-order valence-corrected chi connectivity index (χ1v) is 13.5. The van der Waals surface area contributed by atoms with Crippen LogP contribution < -0.4 is 0 Å². The third kappa shape index (κ3) is 8.10. The molecule has 8 heteroatoms. The summed E-state index contributed by atoms with van der Waals surface area (Å²) in [7, 11) is -3.66. The Hall–Kier alpha value is -1.93. The van der Waals surface area contributed by atoms with Gasteiger partial charge in [0.15, 0.2) is 0 Å². The molecule has 2 unspecified atom stereocenters. The normalized spacial score (nSPS) is 20.3. The largest absolute Gasteiger partial charge is 0.460 e. The molecule has 0 spiro atoms. The second-order valence-corrected chi connectivity index (χ2v) is 12.1. The molecule has 2 rings (SSSR count). The zero-order valence-electron chi connectivity index (χ0n) is 20.8. The molecule has 1 fully saturated rings. The summed E-state index contributed by atoms with van der Waals surface area (Å²) in [6.45, 7) is 10.4. The Balaban J connectivity index is 2.31. The molecule has 1 heterocycles. The molecule has 1 amide bonds. The van der Waals surface area contributed by atoms with E-state index < -0.39 is 33.0 Å². The molecule has 1 saturated heterocycles. The molecule has 1 aliphatic heterocycles. The number of ether oxygens (including phenoxy) is 1. The maximum Gasteiger partial charge on any atom is 0.310 e. The highest BCUT2D eigenvalue weighted by molar-refractivity contribution is 7.85. The van der Waals surface area contributed by atoms with Crippen molar-refractivity contribution >= 4 is 22.0 Å². The SMILES string of the molecule is CC(C)CC1(C(CCOS(C)(=O)=O)C(=O)OC(C)(C)C)CCN(CCc2ccccc2)C1=O. The highest BCUT2D eigenvalue weighted by atomic mass is 32.2. The first-order chi connectivity index (χ1) is 15.2. The number of benzene rings is 1. The fourth-order valence-corrected chi connectivity index (χ4v) is 5.07. The summed E-state index contributed by atoms with van der Waals surface area (Å²) in [5.74, 6) is -1.14. The Labute approximate surface area is 199 Å². The number of likely N-dealkylation sites (tertiary alicyclic amines) is 1. The van der Waals surface area contributed by atoms with E-state index in [1.165, 1.54) is 0 Å². The summed E-state index contributed by atoms with van der Waals surface area (Å²) in [6.07, 6.45) is 2.87. The van der Waals surface area contributed by atoms with Crippen LogP contribution in [-0.2, 0) is 35.0 Å². The molecule has 7 nitrogen and oxygen atoms in total. The zero-order valence-corrected chi connectivity index (χ0v) is 21.6. The predicted octanol–water partition coefficient (Wildman–Crippen LogP) is 3.82. The number of rotatable bonds is 11. The van der Waals surface area contributed by atoms with Crippen molar-refractivity contribution in [3.8, 4) is 0 Å². The van der Waals surface area contributed by atoms with Crippen molar-refractivity contribution in [2.45, 2.75) is 65.9 Å². The summed E-state index contributed by atoms with van der Waals surface area (Å²) < 4.78 is 33.7. The van der Waals surface area contributed by atoms with Gasteiger partial charge in [-0.15, -0.1) is 0 Å². The molecule has 0 radical (unpaired) electrons. The summed E-state index contributed by atoms with van der Waals surface area (Å²) in [5, 5.41) is 0. The van der Waals surface area contributed by atoms with Crippen LogP contribution in [0.2, 0.25) is 0 Å². The number of carbonyl (C=O) groups is 2. The molecular weight excluding hydrogens is 442 g/mol. The van der Waals surface area contributed by atoms with E-state index in [9.17, 15) is 18.0 Å². The fourth-order valence-electron chi connectivity index (χ4n) is 4.67. The van der Waals surface area contributed by atoms with Crippen LogP contribution >= 0.6 is 0 Å². The lowest BCUT2D eigenvalue weighted by atomic mass is 9.67. The van der Waals surface area contributed by atoms with Gasteiger partial charge in [0, 0.05) is 13.1 Å². The third-order valence-electron chi connectivity index (χ3n) is 5.89. The van der Waals surface area contributed by atoms with Crippen molar-refractivity contribution in [1.82, 2.24) is 4.90 Å². The molecule has 0 aromatic heterocycles. The summed E-state index contributed by atoms with van der Waals surface area (Å²) in [4.78, 5) is 29.0. The van der Waals surface area contributed by atoms with Crippen LogP contribution in [0.4, 0.5) is 0 Å². The van der Waals surface area contributed by atoms with Gasteiger partial charge in [0.05, 0.1) is 24.2 Å². The molecule has 0 aliphatic carbocycles. The summed E-state index contributed by atoms with van der Waals surface area (Å²) >= 11 is 0. The van der Waals surface area contributed by atoms with Crippen molar-refractivity contribution in [3.63, 3.8) is 0 Å². The molecule has 1 aromatic rings. The molecule has 1 aliphatic rings. The van der Waals surface area contributed by atoms with Gasteiger partial charge < -0.3 is 9.64 Å². The maximum absolute atomic E-state index is 13.8.